The van der Waals surface area contributed by atoms with Crippen LogP contribution in [0.4, 0.5) is 0 Å². The van der Waals surface area contributed by atoms with Crippen LogP contribution in [0, 0.1) is 5.92 Å². The van der Waals surface area contributed by atoms with Crippen LogP contribution in [0.5, 0.6) is 0 Å². The molecule has 110 valence electrons. The number of thiophene rings is 1. The Balaban J connectivity index is 1.67. The highest BCUT2D eigenvalue weighted by Gasteiger charge is 2.21. The van der Waals surface area contributed by atoms with Crippen LogP contribution in [0.2, 0.25) is 0 Å². The Morgan fingerprint density at radius 2 is 2.15 bits per heavy atom. The molecule has 2 N–H and O–H groups in total. The van der Waals surface area contributed by atoms with E-state index < -0.39 is 0 Å². The molecule has 0 radical (unpaired) electrons. The third-order valence-electron chi connectivity index (χ3n) is 3.63. The number of carbonyl (C=O) groups excluding carboxylic acids is 2. The van der Waals surface area contributed by atoms with Gasteiger partial charge in [0.1, 0.15) is 0 Å². The summed E-state index contributed by atoms with van der Waals surface area (Å²) in [7, 11) is 0. The summed E-state index contributed by atoms with van der Waals surface area (Å²) in [5, 5.41) is 15.5. The third-order valence-corrected chi connectivity index (χ3v) is 4.32. The monoisotopic (exact) mass is 296 g/mol. The van der Waals surface area contributed by atoms with Crippen LogP contribution in [0.15, 0.2) is 16.8 Å². The van der Waals surface area contributed by atoms with Gasteiger partial charge in [-0.1, -0.05) is 0 Å². The first kappa shape index (κ1) is 15.0. The normalized spacial score (nSPS) is 16.1. The molecule has 2 amide bonds. The molecule has 2 rings (SSSR count). The quantitative estimate of drug-likeness (QED) is 0.855. The molecule has 2 heterocycles. The van der Waals surface area contributed by atoms with Gasteiger partial charge in [0.25, 0.3) is 5.91 Å². The number of likely N-dealkylation sites (tertiary alicyclic amines) is 1. The molecule has 0 spiro atoms. The number of carbonyl (C=O) groups is 2. The van der Waals surface area contributed by atoms with Crippen molar-refractivity contribution in [2.45, 2.75) is 19.3 Å². The maximum atomic E-state index is 12.0. The summed E-state index contributed by atoms with van der Waals surface area (Å²) < 4.78 is 0. The number of piperidine rings is 1. The SMILES string of the molecule is O=C(NCCC(=O)N1CCC(CO)CC1)c1ccsc1. The fourth-order valence-corrected chi connectivity index (χ4v) is 2.94. The molecule has 1 saturated heterocycles. The van der Waals surface area contributed by atoms with Crippen molar-refractivity contribution in [2.75, 3.05) is 26.2 Å². The van der Waals surface area contributed by atoms with Crippen molar-refractivity contribution in [3.63, 3.8) is 0 Å². The number of amides is 2. The van der Waals surface area contributed by atoms with E-state index in [1.807, 2.05) is 10.3 Å². The fraction of sp³-hybridized carbons (Fsp3) is 0.571. The van der Waals surface area contributed by atoms with Gasteiger partial charge in [0.2, 0.25) is 5.91 Å². The average molecular weight is 296 g/mol. The molecule has 0 aromatic carbocycles. The van der Waals surface area contributed by atoms with Gasteiger partial charge in [0, 0.05) is 43.6 Å². The molecule has 1 fully saturated rings. The van der Waals surface area contributed by atoms with Crippen molar-refractivity contribution in [2.24, 2.45) is 5.92 Å². The Morgan fingerprint density at radius 3 is 2.75 bits per heavy atom. The molecule has 1 aromatic rings. The van der Waals surface area contributed by atoms with Gasteiger partial charge in [-0.3, -0.25) is 9.59 Å². The third kappa shape index (κ3) is 4.05. The van der Waals surface area contributed by atoms with E-state index in [1.165, 1.54) is 11.3 Å². The molecule has 0 unspecified atom stereocenters. The van der Waals surface area contributed by atoms with Crippen LogP contribution < -0.4 is 5.32 Å². The fourth-order valence-electron chi connectivity index (χ4n) is 2.30. The lowest BCUT2D eigenvalue weighted by Gasteiger charge is -2.31. The Labute approximate surface area is 122 Å². The van der Waals surface area contributed by atoms with E-state index in [0.717, 1.165) is 12.8 Å². The maximum absolute atomic E-state index is 12.0. The van der Waals surface area contributed by atoms with Crippen molar-refractivity contribution in [1.82, 2.24) is 10.2 Å². The largest absolute Gasteiger partial charge is 0.396 e. The molecule has 0 bridgehead atoms. The average Bonchev–Trinajstić information content (AvgIpc) is 3.01. The summed E-state index contributed by atoms with van der Waals surface area (Å²) in [4.78, 5) is 25.5. The molecule has 1 aromatic heterocycles. The second-order valence-corrected chi connectivity index (χ2v) is 5.80. The van der Waals surface area contributed by atoms with E-state index in [0.29, 0.717) is 37.5 Å². The second kappa shape index (κ2) is 7.40. The van der Waals surface area contributed by atoms with Crippen LogP contribution in [0.3, 0.4) is 0 Å². The first-order chi connectivity index (χ1) is 9.70. The topological polar surface area (TPSA) is 69.6 Å². The number of hydrogen-bond acceptors (Lipinski definition) is 4. The van der Waals surface area contributed by atoms with Crippen LogP contribution in [0.25, 0.3) is 0 Å². The first-order valence-electron chi connectivity index (χ1n) is 6.89. The number of aliphatic hydroxyl groups excluding tert-OH is 1. The minimum absolute atomic E-state index is 0.0759. The highest BCUT2D eigenvalue weighted by atomic mass is 32.1. The molecule has 6 heteroatoms. The van der Waals surface area contributed by atoms with E-state index in [9.17, 15) is 9.59 Å². The van der Waals surface area contributed by atoms with E-state index in [1.54, 1.807) is 11.4 Å². The van der Waals surface area contributed by atoms with Gasteiger partial charge >= 0.3 is 0 Å². The Hall–Kier alpha value is -1.40. The summed E-state index contributed by atoms with van der Waals surface area (Å²) in [6.45, 7) is 2.00. The number of nitrogens with one attached hydrogen (secondary N) is 1. The molecule has 0 saturated carbocycles. The van der Waals surface area contributed by atoms with Crippen LogP contribution >= 0.6 is 11.3 Å². The zero-order valence-corrected chi connectivity index (χ0v) is 12.2. The van der Waals surface area contributed by atoms with Crippen LogP contribution in [-0.4, -0.2) is 48.1 Å². The highest BCUT2D eigenvalue weighted by molar-refractivity contribution is 7.08. The van der Waals surface area contributed by atoms with Gasteiger partial charge in [-0.25, -0.2) is 0 Å². The molecular formula is C14H20N2O3S. The molecular weight excluding hydrogens is 276 g/mol. The number of rotatable bonds is 5. The van der Waals surface area contributed by atoms with E-state index >= 15 is 0 Å². The minimum Gasteiger partial charge on any atom is -0.396 e. The van der Waals surface area contributed by atoms with Gasteiger partial charge in [-0.15, -0.1) is 0 Å². The second-order valence-electron chi connectivity index (χ2n) is 5.02. The van der Waals surface area contributed by atoms with Gasteiger partial charge in [-0.2, -0.15) is 11.3 Å². The standard InChI is InChI=1S/C14H20N2O3S/c17-9-11-2-6-16(7-3-11)13(18)1-5-15-14(19)12-4-8-20-10-12/h4,8,10-11,17H,1-3,5-7,9H2,(H,15,19). The number of hydrogen-bond donors (Lipinski definition) is 2. The Morgan fingerprint density at radius 1 is 1.40 bits per heavy atom. The lowest BCUT2D eigenvalue weighted by Crippen LogP contribution is -2.40. The first-order valence-corrected chi connectivity index (χ1v) is 7.84. The Bertz CT molecular complexity index is 439. The summed E-state index contributed by atoms with van der Waals surface area (Å²) in [6, 6.07) is 1.77. The molecule has 0 atom stereocenters. The van der Waals surface area contributed by atoms with E-state index in [2.05, 4.69) is 5.32 Å². The van der Waals surface area contributed by atoms with Gasteiger partial charge in [0.15, 0.2) is 0 Å². The molecule has 1 aliphatic rings. The lowest BCUT2D eigenvalue weighted by atomic mass is 9.98. The summed E-state index contributed by atoms with van der Waals surface area (Å²) in [5.74, 6) is 0.280. The predicted molar refractivity (Wildman–Crippen MR) is 77.7 cm³/mol. The minimum atomic E-state index is -0.127. The smallest absolute Gasteiger partial charge is 0.252 e. The number of nitrogens with zero attached hydrogens (tertiary/aromatic N) is 1. The zero-order chi connectivity index (χ0) is 14.4. The molecule has 20 heavy (non-hydrogen) atoms. The highest BCUT2D eigenvalue weighted by Crippen LogP contribution is 2.16. The van der Waals surface area contributed by atoms with Crippen molar-refractivity contribution >= 4 is 23.2 Å². The summed E-state index contributed by atoms with van der Waals surface area (Å²) >= 11 is 1.48. The Kier molecular flexibility index (Phi) is 5.55. The summed E-state index contributed by atoms with van der Waals surface area (Å²) in [6.07, 6.45) is 2.06. The van der Waals surface area contributed by atoms with Crippen molar-refractivity contribution in [3.8, 4) is 0 Å². The van der Waals surface area contributed by atoms with Crippen molar-refractivity contribution in [1.29, 1.82) is 0 Å². The zero-order valence-electron chi connectivity index (χ0n) is 11.4. The van der Waals surface area contributed by atoms with Gasteiger partial charge < -0.3 is 15.3 Å². The predicted octanol–water partition coefficient (Wildman–Crippen LogP) is 1.10. The van der Waals surface area contributed by atoms with Crippen LogP contribution in [0.1, 0.15) is 29.6 Å². The number of aliphatic hydroxyl groups is 1. The van der Waals surface area contributed by atoms with Gasteiger partial charge in [-0.05, 0) is 30.2 Å². The lowest BCUT2D eigenvalue weighted by molar-refractivity contribution is -0.132. The van der Waals surface area contributed by atoms with Crippen molar-refractivity contribution in [3.05, 3.63) is 22.4 Å². The van der Waals surface area contributed by atoms with E-state index in [-0.39, 0.29) is 18.4 Å². The van der Waals surface area contributed by atoms with Gasteiger partial charge in [0.05, 0.1) is 0 Å². The maximum Gasteiger partial charge on any atom is 0.252 e. The molecule has 0 aliphatic carbocycles. The molecule has 5 nitrogen and oxygen atoms in total. The molecule has 1 aliphatic heterocycles. The van der Waals surface area contributed by atoms with Crippen LogP contribution in [-0.2, 0) is 4.79 Å². The van der Waals surface area contributed by atoms with Crippen molar-refractivity contribution < 1.29 is 14.7 Å². The summed E-state index contributed by atoms with van der Waals surface area (Å²) in [5.41, 5.74) is 0.645. The van der Waals surface area contributed by atoms with E-state index in [4.69, 9.17) is 5.11 Å².